The van der Waals surface area contributed by atoms with Crippen molar-refractivity contribution in [1.29, 1.82) is 0 Å². The summed E-state index contributed by atoms with van der Waals surface area (Å²) in [5.41, 5.74) is 2.77. The lowest BCUT2D eigenvalue weighted by atomic mass is 10.2. The van der Waals surface area contributed by atoms with E-state index in [1.807, 2.05) is 54.1 Å². The molecule has 4 rings (SSSR count). The molecule has 1 saturated heterocycles. The van der Waals surface area contributed by atoms with Gasteiger partial charge in [-0.2, -0.15) is 9.40 Å². The largest absolute Gasteiger partial charge is 0.325 e. The van der Waals surface area contributed by atoms with Crippen LogP contribution < -0.4 is 5.32 Å². The number of rotatable bonds is 9. The van der Waals surface area contributed by atoms with Gasteiger partial charge in [0.05, 0.1) is 23.7 Å². The van der Waals surface area contributed by atoms with E-state index in [0.29, 0.717) is 31.9 Å². The molecule has 1 amide bonds. The molecule has 1 aromatic heterocycles. The van der Waals surface area contributed by atoms with Crippen LogP contribution in [0.3, 0.4) is 0 Å². The number of likely N-dealkylation sites (N-methyl/N-ethyl adjacent to an activating group) is 1. The molecule has 1 aliphatic heterocycles. The zero-order chi connectivity index (χ0) is 24.8. The number of aromatic nitrogens is 2. The number of amides is 1. The molecule has 2 aromatic carbocycles. The zero-order valence-electron chi connectivity index (χ0n) is 20.3. The van der Waals surface area contributed by atoms with Crippen molar-refractivity contribution in [2.75, 3.05) is 25.5 Å². The molecular formula is C26H33N5O3S. The van der Waals surface area contributed by atoms with Gasteiger partial charge in [0.2, 0.25) is 15.9 Å². The van der Waals surface area contributed by atoms with Crippen molar-refractivity contribution in [3.8, 4) is 0 Å². The normalized spacial score (nSPS) is 15.7. The van der Waals surface area contributed by atoms with E-state index in [2.05, 4.69) is 22.5 Å². The Morgan fingerprint density at radius 1 is 1.03 bits per heavy atom. The van der Waals surface area contributed by atoms with Gasteiger partial charge >= 0.3 is 0 Å². The van der Waals surface area contributed by atoms with Crippen LogP contribution in [0.15, 0.2) is 71.9 Å². The van der Waals surface area contributed by atoms with E-state index in [1.165, 1.54) is 5.56 Å². The number of benzene rings is 2. The average Bonchev–Trinajstić information content (AvgIpc) is 3.31. The fourth-order valence-corrected chi connectivity index (χ4v) is 5.70. The van der Waals surface area contributed by atoms with Gasteiger partial charge in [0.1, 0.15) is 0 Å². The number of hydrogen-bond acceptors (Lipinski definition) is 5. The van der Waals surface area contributed by atoms with Gasteiger partial charge in [0, 0.05) is 37.1 Å². The lowest BCUT2D eigenvalue weighted by Gasteiger charge is -2.26. The predicted molar refractivity (Wildman–Crippen MR) is 136 cm³/mol. The minimum atomic E-state index is -3.49. The maximum Gasteiger partial charge on any atom is 0.243 e. The number of carbonyl (C=O) groups excluding carboxylic acids is 1. The molecule has 0 spiro atoms. The monoisotopic (exact) mass is 495 g/mol. The van der Waals surface area contributed by atoms with E-state index in [9.17, 15) is 13.2 Å². The zero-order valence-corrected chi connectivity index (χ0v) is 21.1. The van der Waals surface area contributed by atoms with Crippen LogP contribution in [0.2, 0.25) is 0 Å². The molecule has 186 valence electrons. The smallest absolute Gasteiger partial charge is 0.243 e. The summed E-state index contributed by atoms with van der Waals surface area (Å²) in [4.78, 5) is 15.0. The summed E-state index contributed by atoms with van der Waals surface area (Å²) in [6.07, 6.45) is 6.68. The van der Waals surface area contributed by atoms with Crippen LogP contribution in [-0.4, -0.2) is 59.5 Å². The highest BCUT2D eigenvalue weighted by Gasteiger charge is 2.26. The molecule has 2 heterocycles. The summed E-state index contributed by atoms with van der Waals surface area (Å²) in [7, 11) is -1.59. The van der Waals surface area contributed by atoms with Crippen molar-refractivity contribution in [3.05, 3.63) is 78.1 Å². The molecule has 1 fully saturated rings. The Morgan fingerprint density at radius 2 is 1.71 bits per heavy atom. The highest BCUT2D eigenvalue weighted by atomic mass is 32.2. The molecule has 0 aliphatic carbocycles. The second-order valence-corrected chi connectivity index (χ2v) is 11.0. The number of nitrogens with zero attached hydrogens (tertiary/aromatic N) is 4. The number of nitrogens with one attached hydrogen (secondary N) is 1. The van der Waals surface area contributed by atoms with E-state index >= 15 is 0 Å². The van der Waals surface area contributed by atoms with E-state index in [0.717, 1.165) is 24.8 Å². The predicted octanol–water partition coefficient (Wildman–Crippen LogP) is 3.57. The maximum absolute atomic E-state index is 12.8. The molecule has 0 saturated carbocycles. The van der Waals surface area contributed by atoms with E-state index in [-0.39, 0.29) is 16.8 Å². The minimum Gasteiger partial charge on any atom is -0.325 e. The number of carbonyl (C=O) groups is 1. The molecule has 1 N–H and O–H groups in total. The number of piperidine rings is 1. The number of anilines is 1. The molecule has 3 aromatic rings. The van der Waals surface area contributed by atoms with Crippen molar-refractivity contribution in [2.45, 2.75) is 50.2 Å². The summed E-state index contributed by atoms with van der Waals surface area (Å²) >= 11 is 0. The highest BCUT2D eigenvalue weighted by molar-refractivity contribution is 7.89. The second-order valence-electron chi connectivity index (χ2n) is 9.10. The molecule has 8 nitrogen and oxygen atoms in total. The van der Waals surface area contributed by atoms with Crippen LogP contribution in [-0.2, 0) is 27.9 Å². The minimum absolute atomic E-state index is 0.157. The Kier molecular flexibility index (Phi) is 8.00. The third-order valence-electron chi connectivity index (χ3n) is 6.42. The van der Waals surface area contributed by atoms with Crippen LogP contribution >= 0.6 is 0 Å². The van der Waals surface area contributed by atoms with Crippen molar-refractivity contribution < 1.29 is 13.2 Å². The first-order valence-corrected chi connectivity index (χ1v) is 13.4. The van der Waals surface area contributed by atoms with Crippen LogP contribution in [0.1, 0.15) is 37.3 Å². The number of hydrogen-bond donors (Lipinski definition) is 1. The Hall–Kier alpha value is -3.01. The third-order valence-corrected chi connectivity index (χ3v) is 8.33. The lowest BCUT2D eigenvalue weighted by Crippen LogP contribution is -2.39. The van der Waals surface area contributed by atoms with Crippen molar-refractivity contribution >= 4 is 21.6 Å². The van der Waals surface area contributed by atoms with Gasteiger partial charge in [-0.3, -0.25) is 14.4 Å². The summed E-state index contributed by atoms with van der Waals surface area (Å²) in [6.45, 7) is 4.25. The first kappa shape index (κ1) is 25.1. The van der Waals surface area contributed by atoms with Gasteiger partial charge < -0.3 is 5.32 Å². The van der Waals surface area contributed by atoms with Gasteiger partial charge in [0.25, 0.3) is 0 Å². The van der Waals surface area contributed by atoms with Crippen molar-refractivity contribution in [2.24, 2.45) is 0 Å². The maximum atomic E-state index is 12.8. The van der Waals surface area contributed by atoms with Crippen molar-refractivity contribution in [1.82, 2.24) is 19.0 Å². The molecule has 9 heteroatoms. The lowest BCUT2D eigenvalue weighted by molar-refractivity contribution is -0.120. The molecule has 1 aliphatic rings. The van der Waals surface area contributed by atoms with Crippen LogP contribution in [0.5, 0.6) is 0 Å². The van der Waals surface area contributed by atoms with Gasteiger partial charge in [-0.05, 0) is 56.6 Å². The summed E-state index contributed by atoms with van der Waals surface area (Å²) in [5.74, 6) is -0.157. The quantitative estimate of drug-likeness (QED) is 0.490. The van der Waals surface area contributed by atoms with Crippen LogP contribution in [0.4, 0.5) is 5.69 Å². The van der Waals surface area contributed by atoms with Gasteiger partial charge in [-0.1, -0.05) is 36.8 Å². The van der Waals surface area contributed by atoms with Crippen molar-refractivity contribution in [3.63, 3.8) is 0 Å². The van der Waals surface area contributed by atoms with Gasteiger partial charge in [-0.15, -0.1) is 0 Å². The summed E-state index contributed by atoms with van der Waals surface area (Å²) in [6, 6.07) is 16.2. The molecule has 0 unspecified atom stereocenters. The van der Waals surface area contributed by atoms with Gasteiger partial charge in [-0.25, -0.2) is 8.42 Å². The first-order valence-electron chi connectivity index (χ1n) is 12.0. The SMILES string of the molecule is C[C@@H](C(=O)Nc1ccc(S(=O)(=O)N2CCCCC2)cc1)N(C)Cc1cnn(Cc2ccccc2)c1. The molecule has 0 bridgehead atoms. The summed E-state index contributed by atoms with van der Waals surface area (Å²) < 4.78 is 29.1. The average molecular weight is 496 g/mol. The van der Waals surface area contributed by atoms with E-state index < -0.39 is 10.0 Å². The number of sulfonamides is 1. The van der Waals surface area contributed by atoms with E-state index in [1.54, 1.807) is 28.6 Å². The fourth-order valence-electron chi connectivity index (χ4n) is 4.18. The van der Waals surface area contributed by atoms with Crippen LogP contribution in [0, 0.1) is 0 Å². The topological polar surface area (TPSA) is 87.5 Å². The Bertz CT molecular complexity index is 1220. The summed E-state index contributed by atoms with van der Waals surface area (Å²) in [5, 5.41) is 7.33. The fraction of sp³-hybridized carbons (Fsp3) is 0.385. The Balaban J connectivity index is 1.31. The Labute approximate surface area is 207 Å². The standard InChI is InChI=1S/C26H33N5O3S/c1-21(29(2)18-23-17-27-30(20-23)19-22-9-5-3-6-10-22)26(32)28-24-11-13-25(14-12-24)35(33,34)31-15-7-4-8-16-31/h3,5-6,9-14,17,20-21H,4,7-8,15-16,18-19H2,1-2H3,(H,28,32)/t21-/m0/s1. The second kappa shape index (κ2) is 11.2. The molecular weight excluding hydrogens is 462 g/mol. The highest BCUT2D eigenvalue weighted by Crippen LogP contribution is 2.22. The van der Waals surface area contributed by atoms with E-state index in [4.69, 9.17) is 0 Å². The molecule has 35 heavy (non-hydrogen) atoms. The molecule has 0 radical (unpaired) electrons. The first-order chi connectivity index (χ1) is 16.8. The molecule has 1 atom stereocenters. The third kappa shape index (κ3) is 6.36. The van der Waals surface area contributed by atoms with Gasteiger partial charge in [0.15, 0.2) is 0 Å². The Morgan fingerprint density at radius 3 is 2.40 bits per heavy atom. The van der Waals surface area contributed by atoms with Crippen LogP contribution in [0.25, 0.3) is 0 Å².